The van der Waals surface area contributed by atoms with E-state index in [1.165, 1.54) is 25.1 Å². The summed E-state index contributed by atoms with van der Waals surface area (Å²) >= 11 is 0. The smallest absolute Gasteiger partial charge is 0.122 e. The molecular formula is C11H18N4. The Morgan fingerprint density at radius 3 is 3.07 bits per heavy atom. The van der Waals surface area contributed by atoms with Crippen molar-refractivity contribution >= 4 is 0 Å². The summed E-state index contributed by atoms with van der Waals surface area (Å²) in [6.45, 7) is 3.17. The molecule has 4 heteroatoms. The monoisotopic (exact) mass is 206 g/mol. The summed E-state index contributed by atoms with van der Waals surface area (Å²) in [7, 11) is 0. The summed E-state index contributed by atoms with van der Waals surface area (Å²) < 4.78 is 2.25. The molecule has 3 rings (SSSR count). The summed E-state index contributed by atoms with van der Waals surface area (Å²) in [5, 5.41) is 0. The highest BCUT2D eigenvalue weighted by Crippen LogP contribution is 2.25. The Morgan fingerprint density at radius 1 is 1.33 bits per heavy atom. The molecule has 0 spiro atoms. The van der Waals surface area contributed by atoms with Gasteiger partial charge in [0, 0.05) is 37.6 Å². The minimum absolute atomic E-state index is 0.381. The lowest BCUT2D eigenvalue weighted by Crippen LogP contribution is -2.47. The van der Waals surface area contributed by atoms with Gasteiger partial charge in [-0.2, -0.15) is 0 Å². The normalized spacial score (nSPS) is 31.8. The first-order chi connectivity index (χ1) is 7.34. The molecule has 0 aromatic carbocycles. The molecule has 4 nitrogen and oxygen atoms in total. The van der Waals surface area contributed by atoms with Gasteiger partial charge in [-0.15, -0.1) is 0 Å². The molecule has 2 aliphatic rings. The highest BCUT2D eigenvalue weighted by atomic mass is 15.3. The summed E-state index contributed by atoms with van der Waals surface area (Å²) in [5.74, 6) is 1.19. The van der Waals surface area contributed by atoms with Gasteiger partial charge < -0.3 is 10.3 Å². The first-order valence-electron chi connectivity index (χ1n) is 5.84. The number of aromatic nitrogens is 2. The molecule has 82 valence electrons. The lowest BCUT2D eigenvalue weighted by atomic mass is 10.1. The molecule has 0 saturated heterocycles. The molecule has 1 fully saturated rings. The number of nitrogens with two attached hydrogens (primary N) is 1. The van der Waals surface area contributed by atoms with Crippen LogP contribution in [0.5, 0.6) is 0 Å². The van der Waals surface area contributed by atoms with Crippen molar-refractivity contribution < 1.29 is 0 Å². The second kappa shape index (κ2) is 3.61. The van der Waals surface area contributed by atoms with Gasteiger partial charge >= 0.3 is 0 Å². The number of imidazole rings is 1. The molecule has 0 bridgehead atoms. The predicted molar refractivity (Wildman–Crippen MR) is 58.3 cm³/mol. The van der Waals surface area contributed by atoms with Crippen LogP contribution in [-0.2, 0) is 13.1 Å². The van der Waals surface area contributed by atoms with Crippen molar-refractivity contribution in [2.45, 2.75) is 44.4 Å². The highest BCUT2D eigenvalue weighted by molar-refractivity contribution is 4.99. The second-order valence-corrected chi connectivity index (χ2v) is 4.67. The van der Waals surface area contributed by atoms with E-state index in [0.717, 1.165) is 19.6 Å². The zero-order valence-electron chi connectivity index (χ0n) is 8.97. The van der Waals surface area contributed by atoms with Crippen LogP contribution in [-0.4, -0.2) is 33.1 Å². The lowest BCUT2D eigenvalue weighted by molar-refractivity contribution is 0.144. The van der Waals surface area contributed by atoms with Crippen LogP contribution in [0.2, 0.25) is 0 Å². The Kier molecular flexibility index (Phi) is 2.25. The van der Waals surface area contributed by atoms with E-state index in [1.807, 2.05) is 6.20 Å². The number of hydrogen-bond acceptors (Lipinski definition) is 3. The van der Waals surface area contributed by atoms with Gasteiger partial charge in [-0.25, -0.2) is 4.98 Å². The summed E-state index contributed by atoms with van der Waals surface area (Å²) in [6, 6.07) is 0.974. The van der Waals surface area contributed by atoms with Crippen LogP contribution in [0, 0.1) is 0 Å². The standard InChI is InChI=1S/C11H18N4/c12-9-2-1-3-10(9)15-7-6-14-5-4-13-11(14)8-15/h4-5,9-10H,1-3,6-8,12H2. The Balaban J connectivity index is 1.75. The molecule has 2 unspecified atom stereocenters. The molecule has 1 aliphatic heterocycles. The number of fused-ring (bicyclic) bond motifs is 1. The Labute approximate surface area is 90.1 Å². The third-order valence-corrected chi connectivity index (χ3v) is 3.77. The maximum Gasteiger partial charge on any atom is 0.122 e. The van der Waals surface area contributed by atoms with Crippen LogP contribution in [0.1, 0.15) is 25.1 Å². The van der Waals surface area contributed by atoms with Crippen molar-refractivity contribution in [2.75, 3.05) is 6.54 Å². The van der Waals surface area contributed by atoms with Crippen LogP contribution in [0.15, 0.2) is 12.4 Å². The van der Waals surface area contributed by atoms with E-state index in [1.54, 1.807) is 0 Å². The third-order valence-electron chi connectivity index (χ3n) is 3.77. The maximum absolute atomic E-state index is 6.14. The number of nitrogens with zero attached hydrogens (tertiary/aromatic N) is 3. The van der Waals surface area contributed by atoms with Crippen LogP contribution < -0.4 is 5.73 Å². The molecule has 15 heavy (non-hydrogen) atoms. The van der Waals surface area contributed by atoms with Crippen molar-refractivity contribution in [3.05, 3.63) is 18.2 Å². The molecule has 0 amide bonds. The first kappa shape index (κ1) is 9.36. The second-order valence-electron chi connectivity index (χ2n) is 4.67. The Bertz CT molecular complexity index is 346. The topological polar surface area (TPSA) is 47.1 Å². The fraction of sp³-hybridized carbons (Fsp3) is 0.727. The molecule has 1 saturated carbocycles. The van der Waals surface area contributed by atoms with Gasteiger partial charge in [-0.3, -0.25) is 4.90 Å². The van der Waals surface area contributed by atoms with E-state index >= 15 is 0 Å². The quantitative estimate of drug-likeness (QED) is 0.731. The van der Waals surface area contributed by atoms with E-state index in [0.29, 0.717) is 12.1 Å². The average Bonchev–Trinajstić information content (AvgIpc) is 2.84. The number of hydrogen-bond donors (Lipinski definition) is 1. The van der Waals surface area contributed by atoms with Crippen molar-refractivity contribution in [3.63, 3.8) is 0 Å². The minimum atomic E-state index is 0.381. The molecular weight excluding hydrogens is 188 g/mol. The van der Waals surface area contributed by atoms with Gasteiger partial charge in [0.05, 0.1) is 6.54 Å². The third kappa shape index (κ3) is 1.58. The van der Waals surface area contributed by atoms with E-state index in [-0.39, 0.29) is 0 Å². The first-order valence-corrected chi connectivity index (χ1v) is 5.84. The predicted octanol–water partition coefficient (Wildman–Crippen LogP) is 0.578. The summed E-state index contributed by atoms with van der Waals surface area (Å²) in [6.07, 6.45) is 7.71. The van der Waals surface area contributed by atoms with E-state index in [9.17, 15) is 0 Å². The van der Waals surface area contributed by atoms with Crippen molar-refractivity contribution in [3.8, 4) is 0 Å². The highest BCUT2D eigenvalue weighted by Gasteiger charge is 2.31. The molecule has 2 N–H and O–H groups in total. The summed E-state index contributed by atoms with van der Waals surface area (Å²) in [4.78, 5) is 6.90. The fourth-order valence-corrected chi connectivity index (χ4v) is 2.90. The molecule has 2 atom stereocenters. The fourth-order valence-electron chi connectivity index (χ4n) is 2.90. The van der Waals surface area contributed by atoms with Gasteiger partial charge in [-0.05, 0) is 12.8 Å². The van der Waals surface area contributed by atoms with Gasteiger partial charge in [-0.1, -0.05) is 6.42 Å². The van der Waals surface area contributed by atoms with E-state index in [2.05, 4.69) is 20.6 Å². The summed E-state index contributed by atoms with van der Waals surface area (Å²) in [5.41, 5.74) is 6.14. The van der Waals surface area contributed by atoms with Gasteiger partial charge in [0.2, 0.25) is 0 Å². The van der Waals surface area contributed by atoms with E-state index in [4.69, 9.17) is 5.73 Å². The molecule has 1 aliphatic carbocycles. The molecule has 1 aromatic rings. The van der Waals surface area contributed by atoms with Crippen LogP contribution in [0.25, 0.3) is 0 Å². The van der Waals surface area contributed by atoms with Gasteiger partial charge in [0.25, 0.3) is 0 Å². The molecule has 1 aromatic heterocycles. The zero-order valence-corrected chi connectivity index (χ0v) is 8.97. The van der Waals surface area contributed by atoms with Crippen LogP contribution in [0.3, 0.4) is 0 Å². The van der Waals surface area contributed by atoms with Crippen molar-refractivity contribution in [1.29, 1.82) is 0 Å². The average molecular weight is 206 g/mol. The van der Waals surface area contributed by atoms with Gasteiger partial charge in [0.15, 0.2) is 0 Å². The minimum Gasteiger partial charge on any atom is -0.333 e. The molecule has 0 radical (unpaired) electrons. The molecule has 2 heterocycles. The van der Waals surface area contributed by atoms with Gasteiger partial charge in [0.1, 0.15) is 5.82 Å². The van der Waals surface area contributed by atoms with Crippen LogP contribution >= 0.6 is 0 Å². The lowest BCUT2D eigenvalue weighted by Gasteiger charge is -2.34. The number of rotatable bonds is 1. The van der Waals surface area contributed by atoms with Crippen molar-refractivity contribution in [1.82, 2.24) is 14.5 Å². The van der Waals surface area contributed by atoms with Crippen molar-refractivity contribution in [2.24, 2.45) is 5.73 Å². The maximum atomic E-state index is 6.14. The van der Waals surface area contributed by atoms with Crippen LogP contribution in [0.4, 0.5) is 0 Å². The Hall–Kier alpha value is -0.870. The zero-order chi connectivity index (χ0) is 10.3. The SMILES string of the molecule is NC1CCCC1N1CCn2ccnc2C1. The van der Waals surface area contributed by atoms with E-state index < -0.39 is 0 Å². The largest absolute Gasteiger partial charge is 0.333 e. The Morgan fingerprint density at radius 2 is 2.27 bits per heavy atom.